The Morgan fingerprint density at radius 2 is 1.80 bits per heavy atom. The van der Waals surface area contributed by atoms with Gasteiger partial charge in [-0.05, 0) is 36.8 Å². The second kappa shape index (κ2) is 8.59. The van der Waals surface area contributed by atoms with Crippen LogP contribution in [-0.4, -0.2) is 27.5 Å². The van der Waals surface area contributed by atoms with Crippen LogP contribution in [0.4, 0.5) is 10.1 Å². The van der Waals surface area contributed by atoms with Gasteiger partial charge in [0.25, 0.3) is 0 Å². The molecule has 2 aromatic rings. The number of amides is 1. The van der Waals surface area contributed by atoms with Crippen molar-refractivity contribution in [3.8, 4) is 5.75 Å². The smallest absolute Gasteiger partial charge is 0.239 e. The molecule has 6 nitrogen and oxygen atoms in total. The number of anilines is 1. The molecule has 0 aliphatic carbocycles. The van der Waals surface area contributed by atoms with Gasteiger partial charge in [-0.15, -0.1) is 0 Å². The third-order valence-corrected chi connectivity index (χ3v) is 4.49. The molecule has 0 unspecified atom stereocenters. The molecule has 2 aromatic carbocycles. The van der Waals surface area contributed by atoms with Crippen LogP contribution in [0.5, 0.6) is 5.75 Å². The van der Waals surface area contributed by atoms with Crippen molar-refractivity contribution >= 4 is 21.6 Å². The summed E-state index contributed by atoms with van der Waals surface area (Å²) in [5.41, 5.74) is 0.559. The van der Waals surface area contributed by atoms with Crippen LogP contribution in [-0.2, 0) is 20.6 Å². The van der Waals surface area contributed by atoms with Crippen molar-refractivity contribution in [2.45, 2.75) is 12.7 Å². The van der Waals surface area contributed by atoms with Crippen LogP contribution in [0.25, 0.3) is 0 Å². The molecular weight excluding hydrogens is 347 g/mol. The van der Waals surface area contributed by atoms with Gasteiger partial charge in [0.15, 0.2) is 0 Å². The summed E-state index contributed by atoms with van der Waals surface area (Å²) in [7, 11) is -3.70. The zero-order valence-electron chi connectivity index (χ0n) is 13.7. The zero-order chi connectivity index (χ0) is 18.3. The highest BCUT2D eigenvalue weighted by molar-refractivity contribution is 7.88. The summed E-state index contributed by atoms with van der Waals surface area (Å²) in [6.45, 7) is 1.90. The number of para-hydroxylation sites is 1. The Labute approximate surface area is 146 Å². The highest BCUT2D eigenvalue weighted by Crippen LogP contribution is 2.14. The predicted molar refractivity (Wildman–Crippen MR) is 93.3 cm³/mol. The third kappa shape index (κ3) is 6.17. The van der Waals surface area contributed by atoms with Gasteiger partial charge in [0.05, 0.1) is 24.6 Å². The average molecular weight is 366 g/mol. The molecule has 25 heavy (non-hydrogen) atoms. The fourth-order valence-corrected chi connectivity index (χ4v) is 3.14. The van der Waals surface area contributed by atoms with Crippen LogP contribution in [0.15, 0.2) is 48.5 Å². The first-order chi connectivity index (χ1) is 11.9. The molecule has 8 heteroatoms. The minimum Gasteiger partial charge on any atom is -0.494 e. The van der Waals surface area contributed by atoms with E-state index >= 15 is 0 Å². The van der Waals surface area contributed by atoms with Crippen molar-refractivity contribution in [3.63, 3.8) is 0 Å². The van der Waals surface area contributed by atoms with E-state index in [2.05, 4.69) is 10.0 Å². The number of carbonyl (C=O) groups is 1. The maximum atomic E-state index is 13.4. The first-order valence-corrected chi connectivity index (χ1v) is 9.28. The quantitative estimate of drug-likeness (QED) is 0.751. The maximum absolute atomic E-state index is 13.4. The number of halogens is 1. The second-order valence-corrected chi connectivity index (χ2v) is 6.99. The van der Waals surface area contributed by atoms with Gasteiger partial charge in [0, 0.05) is 0 Å². The fraction of sp³-hybridized carbons (Fsp3) is 0.235. The summed E-state index contributed by atoms with van der Waals surface area (Å²) < 4.78 is 45.0. The lowest BCUT2D eigenvalue weighted by atomic mass is 10.2. The van der Waals surface area contributed by atoms with Crippen LogP contribution in [0, 0.1) is 5.82 Å². The number of ether oxygens (including phenoxy) is 1. The van der Waals surface area contributed by atoms with E-state index < -0.39 is 28.3 Å². The molecule has 0 spiro atoms. The highest BCUT2D eigenvalue weighted by Gasteiger charge is 2.14. The van der Waals surface area contributed by atoms with Gasteiger partial charge in [-0.1, -0.05) is 24.3 Å². The second-order valence-electron chi connectivity index (χ2n) is 5.19. The Kier molecular flexibility index (Phi) is 6.49. The zero-order valence-corrected chi connectivity index (χ0v) is 14.5. The molecular formula is C17H19FN2O4S. The monoisotopic (exact) mass is 366 g/mol. The van der Waals surface area contributed by atoms with E-state index in [1.165, 1.54) is 18.2 Å². The van der Waals surface area contributed by atoms with Crippen molar-refractivity contribution in [2.24, 2.45) is 0 Å². The number of hydrogen-bond acceptors (Lipinski definition) is 4. The number of hydrogen-bond donors (Lipinski definition) is 2. The first-order valence-electron chi connectivity index (χ1n) is 7.63. The molecule has 0 saturated heterocycles. The number of benzene rings is 2. The molecule has 0 radical (unpaired) electrons. The lowest BCUT2D eigenvalue weighted by molar-refractivity contribution is -0.115. The molecule has 0 atom stereocenters. The number of nitrogens with one attached hydrogen (secondary N) is 2. The predicted octanol–water partition coefficient (Wildman–Crippen LogP) is 2.28. The molecule has 134 valence electrons. The Hall–Kier alpha value is -2.45. The maximum Gasteiger partial charge on any atom is 0.239 e. The molecule has 0 fully saturated rings. The third-order valence-electron chi connectivity index (χ3n) is 3.19. The van der Waals surface area contributed by atoms with Crippen molar-refractivity contribution in [3.05, 3.63) is 59.9 Å². The molecule has 0 saturated carbocycles. The van der Waals surface area contributed by atoms with E-state index in [1.807, 2.05) is 6.92 Å². The summed E-state index contributed by atoms with van der Waals surface area (Å²) in [5, 5.41) is 2.31. The summed E-state index contributed by atoms with van der Waals surface area (Å²) in [6.07, 6.45) is 0. The fourth-order valence-electron chi connectivity index (χ4n) is 2.05. The summed E-state index contributed by atoms with van der Waals surface area (Å²) in [6, 6.07) is 12.3. The van der Waals surface area contributed by atoms with E-state index in [0.717, 1.165) is 0 Å². The molecule has 2 N–H and O–H groups in total. The lowest BCUT2D eigenvalue weighted by Gasteiger charge is -2.09. The Balaban J connectivity index is 1.88. The Morgan fingerprint density at radius 3 is 2.44 bits per heavy atom. The molecule has 0 bridgehead atoms. The summed E-state index contributed by atoms with van der Waals surface area (Å²) in [4.78, 5) is 11.8. The minimum atomic E-state index is -3.70. The van der Waals surface area contributed by atoms with Gasteiger partial charge in [0.1, 0.15) is 11.6 Å². The largest absolute Gasteiger partial charge is 0.494 e. The first kappa shape index (κ1) is 18.9. The standard InChI is InChI=1S/C17H19FN2O4S/c1-2-24-14-9-7-13(8-10-14)12-25(22,23)19-11-17(21)20-16-6-4-3-5-15(16)18/h3-10,19H,2,11-12H2,1H3,(H,20,21). The van der Waals surface area contributed by atoms with Gasteiger partial charge in [-0.3, -0.25) is 4.79 Å². The van der Waals surface area contributed by atoms with E-state index in [1.54, 1.807) is 30.3 Å². The number of carbonyl (C=O) groups excluding carboxylic acids is 1. The van der Waals surface area contributed by atoms with E-state index in [9.17, 15) is 17.6 Å². The van der Waals surface area contributed by atoms with Crippen LogP contribution in [0.1, 0.15) is 12.5 Å². The van der Waals surface area contributed by atoms with Gasteiger partial charge in [-0.2, -0.15) is 0 Å². The van der Waals surface area contributed by atoms with Crippen LogP contribution < -0.4 is 14.8 Å². The lowest BCUT2D eigenvalue weighted by Crippen LogP contribution is -2.33. The van der Waals surface area contributed by atoms with Gasteiger partial charge in [0.2, 0.25) is 15.9 Å². The number of rotatable bonds is 8. The van der Waals surface area contributed by atoms with E-state index in [4.69, 9.17) is 4.74 Å². The summed E-state index contributed by atoms with van der Waals surface area (Å²) in [5.74, 6) is -0.860. The molecule has 0 aliphatic rings. The molecule has 2 rings (SSSR count). The van der Waals surface area contributed by atoms with Gasteiger partial charge >= 0.3 is 0 Å². The van der Waals surface area contributed by atoms with Crippen LogP contribution in [0.2, 0.25) is 0 Å². The van der Waals surface area contributed by atoms with Crippen LogP contribution in [0.3, 0.4) is 0 Å². The summed E-state index contributed by atoms with van der Waals surface area (Å²) >= 11 is 0. The Morgan fingerprint density at radius 1 is 1.12 bits per heavy atom. The Bertz CT molecular complexity index is 823. The van der Waals surface area contributed by atoms with Crippen molar-refractivity contribution in [1.29, 1.82) is 0 Å². The van der Waals surface area contributed by atoms with Crippen molar-refractivity contribution in [1.82, 2.24) is 4.72 Å². The van der Waals surface area contributed by atoms with Crippen molar-refractivity contribution in [2.75, 3.05) is 18.5 Å². The molecule has 1 amide bonds. The SMILES string of the molecule is CCOc1ccc(CS(=O)(=O)NCC(=O)Nc2ccccc2F)cc1. The van der Waals surface area contributed by atoms with Gasteiger partial charge < -0.3 is 10.1 Å². The molecule has 0 aromatic heterocycles. The van der Waals surface area contributed by atoms with E-state index in [0.29, 0.717) is 17.9 Å². The number of sulfonamides is 1. The normalized spacial score (nSPS) is 11.1. The molecule has 0 aliphatic heterocycles. The molecule has 0 heterocycles. The van der Waals surface area contributed by atoms with E-state index in [-0.39, 0.29) is 11.4 Å². The van der Waals surface area contributed by atoms with Gasteiger partial charge in [-0.25, -0.2) is 17.5 Å². The topological polar surface area (TPSA) is 84.5 Å². The van der Waals surface area contributed by atoms with Crippen LogP contribution >= 0.6 is 0 Å². The average Bonchev–Trinajstić information content (AvgIpc) is 2.57. The van der Waals surface area contributed by atoms with Crippen molar-refractivity contribution < 1.29 is 22.3 Å². The highest BCUT2D eigenvalue weighted by atomic mass is 32.2. The minimum absolute atomic E-state index is 0.00166.